The Morgan fingerprint density at radius 3 is 2.90 bits per heavy atom. The lowest BCUT2D eigenvalue weighted by Gasteiger charge is -2.17. The molecule has 0 saturated carbocycles. The van der Waals surface area contributed by atoms with Gasteiger partial charge in [-0.25, -0.2) is 9.97 Å². The summed E-state index contributed by atoms with van der Waals surface area (Å²) in [7, 11) is 0. The molecule has 0 bridgehead atoms. The zero-order chi connectivity index (χ0) is 14.4. The number of halogens is 1. The average Bonchev–Trinajstić information content (AvgIpc) is 3.05. The Balaban J connectivity index is 1.72. The van der Waals surface area contributed by atoms with Gasteiger partial charge in [-0.1, -0.05) is 18.5 Å². The van der Waals surface area contributed by atoms with Crippen LogP contribution in [0.1, 0.15) is 42.5 Å². The van der Waals surface area contributed by atoms with E-state index in [1.54, 1.807) is 0 Å². The van der Waals surface area contributed by atoms with Crippen LogP contribution in [0.2, 0.25) is 5.15 Å². The summed E-state index contributed by atoms with van der Waals surface area (Å²) in [5, 5.41) is 1.80. The van der Waals surface area contributed by atoms with Crippen molar-refractivity contribution in [3.63, 3.8) is 0 Å². The van der Waals surface area contributed by atoms with Crippen molar-refractivity contribution < 1.29 is 0 Å². The standard InChI is InChI=1S/C16H20ClN3S/c1-10-4-5-11-12(8-10)21-16-14(11)15(17)18-13(19-16)9-20-6-2-3-7-20/h10H,2-9H2,1H3/t10-/m0/s1. The predicted octanol–water partition coefficient (Wildman–Crippen LogP) is 4.07. The molecule has 2 aromatic rings. The summed E-state index contributed by atoms with van der Waals surface area (Å²) in [4.78, 5) is 14.4. The van der Waals surface area contributed by atoms with E-state index >= 15 is 0 Å². The van der Waals surface area contributed by atoms with Crippen LogP contribution in [0.3, 0.4) is 0 Å². The van der Waals surface area contributed by atoms with Crippen LogP contribution in [0.5, 0.6) is 0 Å². The normalized spacial score (nSPS) is 22.9. The largest absolute Gasteiger partial charge is 0.296 e. The first-order valence-electron chi connectivity index (χ1n) is 7.89. The molecular formula is C16H20ClN3S. The van der Waals surface area contributed by atoms with Crippen molar-refractivity contribution >= 4 is 33.2 Å². The second-order valence-electron chi connectivity index (χ2n) is 6.45. The summed E-state index contributed by atoms with van der Waals surface area (Å²) in [5.74, 6) is 1.67. The number of aryl methyl sites for hydroxylation is 1. The van der Waals surface area contributed by atoms with Crippen LogP contribution in [0.15, 0.2) is 0 Å². The van der Waals surface area contributed by atoms with Gasteiger partial charge in [-0.3, -0.25) is 4.90 Å². The molecule has 3 nitrogen and oxygen atoms in total. The first-order chi connectivity index (χ1) is 10.2. The zero-order valence-electron chi connectivity index (χ0n) is 12.4. The number of fused-ring (bicyclic) bond motifs is 3. The third-order valence-corrected chi connectivity index (χ3v) is 6.14. The maximum absolute atomic E-state index is 6.50. The minimum absolute atomic E-state index is 0.668. The second kappa shape index (κ2) is 5.49. The van der Waals surface area contributed by atoms with Gasteiger partial charge in [-0.2, -0.15) is 0 Å². The van der Waals surface area contributed by atoms with Gasteiger partial charge in [0.05, 0.1) is 11.9 Å². The smallest absolute Gasteiger partial charge is 0.145 e. The molecule has 0 spiro atoms. The highest BCUT2D eigenvalue weighted by atomic mass is 35.5. The first kappa shape index (κ1) is 13.9. The van der Waals surface area contributed by atoms with Crippen LogP contribution in [-0.4, -0.2) is 28.0 Å². The summed E-state index contributed by atoms with van der Waals surface area (Å²) in [6.45, 7) is 5.50. The van der Waals surface area contributed by atoms with Crippen molar-refractivity contribution in [2.45, 2.75) is 45.6 Å². The Kier molecular flexibility index (Phi) is 3.64. The van der Waals surface area contributed by atoms with Crippen LogP contribution >= 0.6 is 22.9 Å². The van der Waals surface area contributed by atoms with Crippen LogP contribution in [-0.2, 0) is 19.4 Å². The van der Waals surface area contributed by atoms with Crippen molar-refractivity contribution in [2.24, 2.45) is 5.92 Å². The van der Waals surface area contributed by atoms with E-state index in [9.17, 15) is 0 Å². The molecule has 5 heteroatoms. The van der Waals surface area contributed by atoms with Crippen LogP contribution < -0.4 is 0 Å². The number of aromatic nitrogens is 2. The highest BCUT2D eigenvalue weighted by Crippen LogP contribution is 2.39. The van der Waals surface area contributed by atoms with Crippen LogP contribution in [0.4, 0.5) is 0 Å². The van der Waals surface area contributed by atoms with Gasteiger partial charge >= 0.3 is 0 Å². The van der Waals surface area contributed by atoms with Gasteiger partial charge in [0.2, 0.25) is 0 Å². The van der Waals surface area contributed by atoms with E-state index in [4.69, 9.17) is 16.6 Å². The topological polar surface area (TPSA) is 29.0 Å². The molecule has 112 valence electrons. The van der Waals surface area contributed by atoms with E-state index in [-0.39, 0.29) is 0 Å². The van der Waals surface area contributed by atoms with Crippen molar-refractivity contribution in [2.75, 3.05) is 13.1 Å². The molecular weight excluding hydrogens is 302 g/mol. The molecule has 1 fully saturated rings. The third kappa shape index (κ3) is 2.58. The SMILES string of the molecule is C[C@H]1CCc2c(sc3nc(CN4CCCC4)nc(Cl)c23)C1. The maximum Gasteiger partial charge on any atom is 0.145 e. The number of nitrogens with zero attached hydrogens (tertiary/aromatic N) is 3. The number of thiophene rings is 1. The minimum Gasteiger partial charge on any atom is -0.296 e. The van der Waals surface area contributed by atoms with Crippen molar-refractivity contribution in [3.05, 3.63) is 21.4 Å². The predicted molar refractivity (Wildman–Crippen MR) is 88.1 cm³/mol. The highest BCUT2D eigenvalue weighted by Gasteiger charge is 2.24. The molecule has 1 aliphatic heterocycles. The lowest BCUT2D eigenvalue weighted by Crippen LogP contribution is -2.20. The molecule has 0 N–H and O–H groups in total. The Bertz CT molecular complexity index is 676. The molecule has 3 heterocycles. The van der Waals surface area contributed by atoms with Gasteiger partial charge in [0.15, 0.2) is 0 Å². The van der Waals surface area contributed by atoms with Crippen molar-refractivity contribution in [1.82, 2.24) is 14.9 Å². The summed E-state index contributed by atoms with van der Waals surface area (Å²) in [6.07, 6.45) is 6.15. The number of rotatable bonds is 2. The molecule has 1 aliphatic carbocycles. The Hall–Kier alpha value is -0.710. The average molecular weight is 322 g/mol. The maximum atomic E-state index is 6.50. The zero-order valence-corrected chi connectivity index (χ0v) is 13.9. The fraction of sp³-hybridized carbons (Fsp3) is 0.625. The van der Waals surface area contributed by atoms with E-state index < -0.39 is 0 Å². The molecule has 2 aliphatic rings. The molecule has 4 rings (SSSR count). The molecule has 1 atom stereocenters. The summed E-state index contributed by atoms with van der Waals surface area (Å²) >= 11 is 8.34. The van der Waals surface area contributed by atoms with E-state index in [1.807, 2.05) is 11.3 Å². The van der Waals surface area contributed by atoms with E-state index in [0.717, 1.165) is 48.0 Å². The lowest BCUT2D eigenvalue weighted by molar-refractivity contribution is 0.323. The molecule has 1 saturated heterocycles. The van der Waals surface area contributed by atoms with Crippen LogP contribution in [0.25, 0.3) is 10.2 Å². The molecule has 21 heavy (non-hydrogen) atoms. The van der Waals surface area contributed by atoms with Gasteiger partial charge in [-0.15, -0.1) is 11.3 Å². The van der Waals surface area contributed by atoms with E-state index in [1.165, 1.54) is 36.1 Å². The second-order valence-corrected chi connectivity index (χ2v) is 7.89. The monoisotopic (exact) mass is 321 g/mol. The molecule has 0 unspecified atom stereocenters. The van der Waals surface area contributed by atoms with Crippen LogP contribution in [0, 0.1) is 5.92 Å². The van der Waals surface area contributed by atoms with Gasteiger partial charge in [0.1, 0.15) is 15.8 Å². The van der Waals surface area contributed by atoms with Gasteiger partial charge in [-0.05, 0) is 56.7 Å². The van der Waals surface area contributed by atoms with Gasteiger partial charge in [0.25, 0.3) is 0 Å². The van der Waals surface area contributed by atoms with Gasteiger partial charge < -0.3 is 0 Å². The Morgan fingerprint density at radius 2 is 2.10 bits per heavy atom. The summed E-state index contributed by atoms with van der Waals surface area (Å²) in [5.41, 5.74) is 1.42. The number of likely N-dealkylation sites (tertiary alicyclic amines) is 1. The van der Waals surface area contributed by atoms with Crippen molar-refractivity contribution in [1.29, 1.82) is 0 Å². The molecule has 2 aromatic heterocycles. The number of hydrogen-bond acceptors (Lipinski definition) is 4. The Labute approximate surface area is 134 Å². The van der Waals surface area contributed by atoms with E-state index in [0.29, 0.717) is 5.15 Å². The number of hydrogen-bond donors (Lipinski definition) is 0. The lowest BCUT2D eigenvalue weighted by atomic mass is 9.89. The minimum atomic E-state index is 0.668. The fourth-order valence-corrected chi connectivity index (χ4v) is 5.31. The molecule has 0 amide bonds. The molecule has 0 aromatic carbocycles. The van der Waals surface area contributed by atoms with Crippen molar-refractivity contribution in [3.8, 4) is 0 Å². The fourth-order valence-electron chi connectivity index (χ4n) is 3.55. The highest BCUT2D eigenvalue weighted by molar-refractivity contribution is 7.19. The van der Waals surface area contributed by atoms with Gasteiger partial charge in [0, 0.05) is 4.88 Å². The Morgan fingerprint density at radius 1 is 1.29 bits per heavy atom. The molecule has 0 radical (unpaired) electrons. The third-order valence-electron chi connectivity index (χ3n) is 4.72. The summed E-state index contributed by atoms with van der Waals surface area (Å²) < 4.78 is 0. The summed E-state index contributed by atoms with van der Waals surface area (Å²) in [6, 6.07) is 0. The quantitative estimate of drug-likeness (QED) is 0.781. The van der Waals surface area contributed by atoms with E-state index in [2.05, 4.69) is 16.8 Å². The first-order valence-corrected chi connectivity index (χ1v) is 9.09.